The van der Waals surface area contributed by atoms with Crippen LogP contribution in [0.3, 0.4) is 0 Å². The predicted molar refractivity (Wildman–Crippen MR) is 70.5 cm³/mol. The Balaban J connectivity index is 2.03. The number of hydrogen-bond donors (Lipinski definition) is 1. The topological polar surface area (TPSA) is 61.4 Å². The highest BCUT2D eigenvalue weighted by molar-refractivity contribution is 6.14. The van der Waals surface area contributed by atoms with E-state index in [4.69, 9.17) is 0 Å². The molecule has 0 saturated carbocycles. The summed E-state index contributed by atoms with van der Waals surface area (Å²) in [5.74, 6) is 0.378. The van der Waals surface area contributed by atoms with Crippen molar-refractivity contribution in [3.8, 4) is 0 Å². The van der Waals surface area contributed by atoms with Gasteiger partial charge in [-0.05, 0) is 25.5 Å². The van der Waals surface area contributed by atoms with Gasteiger partial charge >= 0.3 is 0 Å². The van der Waals surface area contributed by atoms with E-state index < -0.39 is 0 Å². The van der Waals surface area contributed by atoms with Gasteiger partial charge in [0.05, 0.1) is 17.0 Å². The van der Waals surface area contributed by atoms with E-state index in [1.165, 1.54) is 5.01 Å². The van der Waals surface area contributed by atoms with Gasteiger partial charge in [0.1, 0.15) is 0 Å². The maximum atomic E-state index is 12.2. The molecule has 0 radical (unpaired) electrons. The number of nitrogens with one attached hydrogen (secondary N) is 1. The Labute approximate surface area is 105 Å². The summed E-state index contributed by atoms with van der Waals surface area (Å²) in [4.78, 5) is 19.7. The van der Waals surface area contributed by atoms with Gasteiger partial charge in [-0.25, -0.2) is 4.98 Å². The number of imidazole rings is 1. The molecule has 1 N–H and O–H groups in total. The Morgan fingerprint density at radius 2 is 2.17 bits per heavy atom. The highest BCUT2D eigenvalue weighted by Gasteiger charge is 2.34. The number of amides is 1. The average molecular weight is 242 g/mol. The standard InChI is InChI=1S/C13H14N4O/c1-3-9-8(2)16-17(12(9)18)13-14-10-6-4-5-7-11(10)15-13/h4-7,9H,3H2,1-2H3,(H,14,15). The van der Waals surface area contributed by atoms with Crippen molar-refractivity contribution in [3.05, 3.63) is 24.3 Å². The molecule has 1 unspecified atom stereocenters. The summed E-state index contributed by atoms with van der Waals surface area (Å²) in [6.45, 7) is 3.87. The lowest BCUT2D eigenvalue weighted by Gasteiger charge is -2.09. The molecule has 1 amide bonds. The summed E-state index contributed by atoms with van der Waals surface area (Å²) < 4.78 is 0. The van der Waals surface area contributed by atoms with Gasteiger partial charge in [-0.15, -0.1) is 0 Å². The molecule has 1 aliphatic heterocycles. The van der Waals surface area contributed by atoms with Gasteiger partial charge in [0, 0.05) is 5.71 Å². The van der Waals surface area contributed by atoms with Crippen molar-refractivity contribution in [1.29, 1.82) is 0 Å². The minimum Gasteiger partial charge on any atom is -0.322 e. The SMILES string of the molecule is CCC1C(=O)N(c2nc3ccccc3[nH]2)N=C1C. The largest absolute Gasteiger partial charge is 0.322 e. The summed E-state index contributed by atoms with van der Waals surface area (Å²) in [5, 5.41) is 5.67. The smallest absolute Gasteiger partial charge is 0.258 e. The summed E-state index contributed by atoms with van der Waals surface area (Å²) in [7, 11) is 0. The molecule has 0 aliphatic carbocycles. The van der Waals surface area contributed by atoms with Crippen molar-refractivity contribution in [2.75, 3.05) is 5.01 Å². The molecule has 92 valence electrons. The molecule has 18 heavy (non-hydrogen) atoms. The van der Waals surface area contributed by atoms with Crippen molar-refractivity contribution in [3.63, 3.8) is 0 Å². The Kier molecular flexibility index (Phi) is 2.40. The molecule has 0 bridgehead atoms. The highest BCUT2D eigenvalue weighted by atomic mass is 16.2. The van der Waals surface area contributed by atoms with Gasteiger partial charge in [0.2, 0.25) is 5.95 Å². The molecule has 1 atom stereocenters. The first-order chi connectivity index (χ1) is 8.70. The first kappa shape index (κ1) is 11.0. The number of fused-ring (bicyclic) bond motifs is 1. The fourth-order valence-corrected chi connectivity index (χ4v) is 2.26. The first-order valence-corrected chi connectivity index (χ1v) is 6.04. The number of H-pyrrole nitrogens is 1. The van der Waals surface area contributed by atoms with E-state index in [1.807, 2.05) is 38.1 Å². The molecular formula is C13H14N4O. The zero-order valence-electron chi connectivity index (χ0n) is 10.3. The fraction of sp³-hybridized carbons (Fsp3) is 0.308. The van der Waals surface area contributed by atoms with Crippen molar-refractivity contribution >= 4 is 28.6 Å². The number of nitrogens with zero attached hydrogens (tertiary/aromatic N) is 3. The Hall–Kier alpha value is -2.17. The van der Waals surface area contributed by atoms with Crippen molar-refractivity contribution in [2.24, 2.45) is 11.0 Å². The summed E-state index contributed by atoms with van der Waals surface area (Å²) in [5.41, 5.74) is 2.60. The molecular weight excluding hydrogens is 228 g/mol. The maximum absolute atomic E-state index is 12.2. The lowest BCUT2D eigenvalue weighted by atomic mass is 10.0. The van der Waals surface area contributed by atoms with E-state index >= 15 is 0 Å². The van der Waals surface area contributed by atoms with Crippen LogP contribution in [0.25, 0.3) is 11.0 Å². The lowest BCUT2D eigenvalue weighted by molar-refractivity contribution is -0.119. The summed E-state index contributed by atoms with van der Waals surface area (Å²) in [6, 6.07) is 7.69. The van der Waals surface area contributed by atoms with E-state index in [1.54, 1.807) is 0 Å². The van der Waals surface area contributed by atoms with Crippen LogP contribution in [0, 0.1) is 5.92 Å². The quantitative estimate of drug-likeness (QED) is 0.878. The van der Waals surface area contributed by atoms with E-state index in [0.717, 1.165) is 23.2 Å². The van der Waals surface area contributed by atoms with Crippen LogP contribution in [-0.2, 0) is 4.79 Å². The molecule has 0 fully saturated rings. The monoisotopic (exact) mass is 242 g/mol. The van der Waals surface area contributed by atoms with E-state index in [9.17, 15) is 4.79 Å². The van der Waals surface area contributed by atoms with E-state index in [0.29, 0.717) is 5.95 Å². The number of benzene rings is 1. The zero-order chi connectivity index (χ0) is 12.7. The molecule has 2 heterocycles. The normalized spacial score (nSPS) is 19.7. The van der Waals surface area contributed by atoms with E-state index in [-0.39, 0.29) is 11.8 Å². The molecule has 5 heteroatoms. The third-order valence-electron chi connectivity index (χ3n) is 3.25. The molecule has 1 aliphatic rings. The molecule has 0 spiro atoms. The van der Waals surface area contributed by atoms with Gasteiger partial charge < -0.3 is 4.98 Å². The highest BCUT2D eigenvalue weighted by Crippen LogP contribution is 2.25. The number of carbonyl (C=O) groups is 1. The third kappa shape index (κ3) is 1.51. The fourth-order valence-electron chi connectivity index (χ4n) is 2.26. The number of hydrazone groups is 1. The van der Waals surface area contributed by atoms with Crippen LogP contribution in [0.4, 0.5) is 5.95 Å². The Bertz CT molecular complexity index is 610. The maximum Gasteiger partial charge on any atom is 0.258 e. The third-order valence-corrected chi connectivity index (χ3v) is 3.25. The number of carbonyl (C=O) groups excluding carboxylic acids is 1. The van der Waals surface area contributed by atoms with Crippen LogP contribution >= 0.6 is 0 Å². The number of rotatable bonds is 2. The molecule has 0 saturated heterocycles. The van der Waals surface area contributed by atoms with Gasteiger partial charge in [-0.1, -0.05) is 19.1 Å². The van der Waals surface area contributed by atoms with Crippen LogP contribution in [0.5, 0.6) is 0 Å². The molecule has 2 aromatic rings. The summed E-state index contributed by atoms with van der Waals surface area (Å²) >= 11 is 0. The molecule has 3 rings (SSSR count). The van der Waals surface area contributed by atoms with Crippen LogP contribution in [0.1, 0.15) is 20.3 Å². The van der Waals surface area contributed by atoms with Crippen molar-refractivity contribution in [1.82, 2.24) is 9.97 Å². The molecule has 1 aromatic carbocycles. The zero-order valence-corrected chi connectivity index (χ0v) is 10.3. The van der Waals surface area contributed by atoms with Crippen LogP contribution in [-0.4, -0.2) is 21.6 Å². The van der Waals surface area contributed by atoms with Crippen LogP contribution in [0.2, 0.25) is 0 Å². The van der Waals surface area contributed by atoms with Gasteiger partial charge in [-0.2, -0.15) is 10.1 Å². The number of aromatic nitrogens is 2. The van der Waals surface area contributed by atoms with E-state index in [2.05, 4.69) is 15.1 Å². The minimum absolute atomic E-state index is 0.00550. The van der Waals surface area contributed by atoms with Crippen LogP contribution in [0.15, 0.2) is 29.4 Å². The Morgan fingerprint density at radius 1 is 1.39 bits per heavy atom. The molecule has 5 nitrogen and oxygen atoms in total. The van der Waals surface area contributed by atoms with Crippen LogP contribution < -0.4 is 5.01 Å². The number of hydrogen-bond acceptors (Lipinski definition) is 3. The van der Waals surface area contributed by atoms with Gasteiger partial charge in [-0.3, -0.25) is 4.79 Å². The summed E-state index contributed by atoms with van der Waals surface area (Å²) in [6.07, 6.45) is 0.769. The second-order valence-electron chi connectivity index (χ2n) is 4.43. The van der Waals surface area contributed by atoms with Crippen molar-refractivity contribution in [2.45, 2.75) is 20.3 Å². The van der Waals surface area contributed by atoms with Crippen molar-refractivity contribution < 1.29 is 4.79 Å². The second kappa shape index (κ2) is 3.94. The predicted octanol–water partition coefficient (Wildman–Crippen LogP) is 2.31. The molecule has 1 aromatic heterocycles. The van der Waals surface area contributed by atoms with Gasteiger partial charge in [0.15, 0.2) is 0 Å². The lowest BCUT2D eigenvalue weighted by Crippen LogP contribution is -2.27. The minimum atomic E-state index is -0.113. The second-order valence-corrected chi connectivity index (χ2v) is 4.43. The Morgan fingerprint density at radius 3 is 2.83 bits per heavy atom. The van der Waals surface area contributed by atoms with Gasteiger partial charge in [0.25, 0.3) is 5.91 Å². The number of aromatic amines is 1. The average Bonchev–Trinajstić information content (AvgIpc) is 2.90. The first-order valence-electron chi connectivity index (χ1n) is 6.04. The number of anilines is 1. The number of para-hydroxylation sites is 2.